The van der Waals surface area contributed by atoms with Gasteiger partial charge in [0.05, 0.1) is 19.3 Å². The summed E-state index contributed by atoms with van der Waals surface area (Å²) in [5, 5.41) is 2.80. The van der Waals surface area contributed by atoms with Gasteiger partial charge in [0.1, 0.15) is 5.75 Å². The molecule has 1 atom stereocenters. The Morgan fingerprint density at radius 2 is 1.92 bits per heavy atom. The number of amides is 2. The molecule has 1 aliphatic rings. The smallest absolute Gasteiger partial charge is 0.387 e. The van der Waals surface area contributed by atoms with Gasteiger partial charge in [0, 0.05) is 31.5 Å². The van der Waals surface area contributed by atoms with Gasteiger partial charge in [-0.3, -0.25) is 9.59 Å². The van der Waals surface area contributed by atoms with Gasteiger partial charge in [0.2, 0.25) is 11.8 Å². The summed E-state index contributed by atoms with van der Waals surface area (Å²) in [4.78, 5) is 26.0. The lowest BCUT2D eigenvalue weighted by atomic mass is 10.0. The minimum absolute atomic E-state index is 0.0408. The van der Waals surface area contributed by atoms with Crippen molar-refractivity contribution in [1.29, 1.82) is 0 Å². The molecule has 0 spiro atoms. The Morgan fingerprint density at radius 3 is 2.58 bits per heavy atom. The first-order chi connectivity index (χ1) is 12.5. The second kappa shape index (κ2) is 10.1. The van der Waals surface area contributed by atoms with Crippen molar-refractivity contribution >= 4 is 11.8 Å². The first-order valence-electron chi connectivity index (χ1n) is 8.70. The quantitative estimate of drug-likeness (QED) is 0.763. The maximum atomic E-state index is 12.6. The van der Waals surface area contributed by atoms with Crippen LogP contribution in [0.4, 0.5) is 8.78 Å². The van der Waals surface area contributed by atoms with Crippen LogP contribution in [0.3, 0.4) is 0 Å². The summed E-state index contributed by atoms with van der Waals surface area (Å²) in [5.74, 6) is -0.345. The highest BCUT2D eigenvalue weighted by Gasteiger charge is 2.21. The predicted octanol–water partition coefficient (Wildman–Crippen LogP) is 2.49. The summed E-state index contributed by atoms with van der Waals surface area (Å²) in [7, 11) is 0. The highest BCUT2D eigenvalue weighted by molar-refractivity contribution is 5.84. The van der Waals surface area contributed by atoms with Crippen LogP contribution in [-0.2, 0) is 14.3 Å². The minimum Gasteiger partial charge on any atom is -0.434 e. The monoisotopic (exact) mass is 370 g/mol. The fraction of sp³-hybridized carbons (Fsp3) is 0.556. The van der Waals surface area contributed by atoms with Crippen LogP contribution in [-0.4, -0.2) is 49.6 Å². The van der Waals surface area contributed by atoms with Gasteiger partial charge < -0.3 is 19.7 Å². The number of benzene rings is 1. The second-order valence-electron chi connectivity index (χ2n) is 5.94. The molecular formula is C18H24F2N2O4. The van der Waals surface area contributed by atoms with E-state index in [1.165, 1.54) is 6.07 Å². The lowest BCUT2D eigenvalue weighted by Gasteiger charge is -2.27. The third kappa shape index (κ3) is 5.94. The zero-order valence-electron chi connectivity index (χ0n) is 14.7. The van der Waals surface area contributed by atoms with E-state index in [4.69, 9.17) is 4.74 Å². The molecule has 0 bridgehead atoms. The molecule has 144 valence electrons. The standard InChI is InChI=1S/C18H24F2N2O4/c1-2-14(13-5-3-4-6-15(13)26-18(19)20)21-16(23)7-8-17(24)22-9-11-25-12-10-22/h3-6,14,18H,2,7-12H2,1H3,(H,21,23). The van der Waals surface area contributed by atoms with Crippen molar-refractivity contribution in [3.8, 4) is 5.75 Å². The van der Waals surface area contributed by atoms with E-state index < -0.39 is 12.7 Å². The number of hydrogen-bond acceptors (Lipinski definition) is 4. The zero-order chi connectivity index (χ0) is 18.9. The molecule has 1 saturated heterocycles. The Hall–Kier alpha value is -2.22. The lowest BCUT2D eigenvalue weighted by molar-refractivity contribution is -0.137. The van der Waals surface area contributed by atoms with Gasteiger partial charge in [0.15, 0.2) is 0 Å². The molecule has 0 aromatic heterocycles. The Bertz CT molecular complexity index is 607. The highest BCUT2D eigenvalue weighted by Crippen LogP contribution is 2.28. The Kier molecular flexibility index (Phi) is 7.77. The highest BCUT2D eigenvalue weighted by atomic mass is 19.3. The zero-order valence-corrected chi connectivity index (χ0v) is 14.7. The van der Waals surface area contributed by atoms with E-state index in [2.05, 4.69) is 10.1 Å². The Morgan fingerprint density at radius 1 is 1.23 bits per heavy atom. The molecule has 1 N–H and O–H groups in total. The molecular weight excluding hydrogens is 346 g/mol. The third-order valence-corrected chi connectivity index (χ3v) is 4.18. The number of halogens is 2. The maximum Gasteiger partial charge on any atom is 0.387 e. The predicted molar refractivity (Wildman–Crippen MR) is 90.9 cm³/mol. The number of nitrogens with zero attached hydrogens (tertiary/aromatic N) is 1. The minimum atomic E-state index is -2.93. The Balaban J connectivity index is 1.91. The molecule has 26 heavy (non-hydrogen) atoms. The summed E-state index contributed by atoms with van der Waals surface area (Å²) < 4.78 is 34.8. The van der Waals surface area contributed by atoms with Crippen LogP contribution in [0.1, 0.15) is 37.8 Å². The Labute approximate surface area is 151 Å². The molecule has 1 fully saturated rings. The number of hydrogen-bond donors (Lipinski definition) is 1. The molecule has 1 aliphatic heterocycles. The topological polar surface area (TPSA) is 67.9 Å². The number of rotatable bonds is 8. The molecule has 0 radical (unpaired) electrons. The van der Waals surface area contributed by atoms with Crippen LogP contribution in [0.5, 0.6) is 5.75 Å². The van der Waals surface area contributed by atoms with Crippen LogP contribution in [0, 0.1) is 0 Å². The average molecular weight is 370 g/mol. The SMILES string of the molecule is CCC(NC(=O)CCC(=O)N1CCOCC1)c1ccccc1OC(F)F. The number of carbonyl (C=O) groups is 2. The van der Waals surface area contributed by atoms with Crippen molar-refractivity contribution in [2.45, 2.75) is 38.8 Å². The summed E-state index contributed by atoms with van der Waals surface area (Å²) in [6, 6.07) is 5.92. The molecule has 1 aromatic rings. The molecule has 1 aromatic carbocycles. The summed E-state index contributed by atoms with van der Waals surface area (Å²) in [6.45, 7) is 0.999. The van der Waals surface area contributed by atoms with Gasteiger partial charge in [0.25, 0.3) is 0 Å². The first kappa shape index (κ1) is 20.1. The average Bonchev–Trinajstić information content (AvgIpc) is 2.65. The van der Waals surface area contributed by atoms with Crippen molar-refractivity contribution in [3.05, 3.63) is 29.8 Å². The van der Waals surface area contributed by atoms with Crippen molar-refractivity contribution in [1.82, 2.24) is 10.2 Å². The summed E-state index contributed by atoms with van der Waals surface area (Å²) >= 11 is 0. The van der Waals surface area contributed by atoms with Gasteiger partial charge >= 0.3 is 6.61 Å². The summed E-state index contributed by atoms with van der Waals surface area (Å²) in [5.41, 5.74) is 0.489. The van der Waals surface area contributed by atoms with Gasteiger partial charge in [-0.2, -0.15) is 8.78 Å². The van der Waals surface area contributed by atoms with Crippen LogP contribution >= 0.6 is 0 Å². The van der Waals surface area contributed by atoms with E-state index in [0.29, 0.717) is 38.3 Å². The second-order valence-corrected chi connectivity index (χ2v) is 5.94. The maximum absolute atomic E-state index is 12.6. The molecule has 1 unspecified atom stereocenters. The van der Waals surface area contributed by atoms with Crippen LogP contribution in [0.25, 0.3) is 0 Å². The first-order valence-corrected chi connectivity index (χ1v) is 8.70. The van der Waals surface area contributed by atoms with Gasteiger partial charge in [-0.1, -0.05) is 25.1 Å². The van der Waals surface area contributed by atoms with Gasteiger partial charge in [-0.05, 0) is 12.5 Å². The van der Waals surface area contributed by atoms with Crippen molar-refractivity contribution < 1.29 is 27.8 Å². The number of morpholine rings is 1. The molecule has 1 heterocycles. The van der Waals surface area contributed by atoms with E-state index in [9.17, 15) is 18.4 Å². The largest absolute Gasteiger partial charge is 0.434 e. The number of ether oxygens (including phenoxy) is 2. The van der Waals surface area contributed by atoms with E-state index in [1.54, 1.807) is 23.1 Å². The fourth-order valence-corrected chi connectivity index (χ4v) is 2.83. The van der Waals surface area contributed by atoms with Crippen LogP contribution < -0.4 is 10.1 Å². The molecule has 6 nitrogen and oxygen atoms in total. The normalized spacial score (nSPS) is 15.6. The molecule has 2 amide bonds. The van der Waals surface area contributed by atoms with Gasteiger partial charge in [-0.15, -0.1) is 0 Å². The van der Waals surface area contributed by atoms with Crippen molar-refractivity contribution in [3.63, 3.8) is 0 Å². The van der Waals surface area contributed by atoms with E-state index in [0.717, 1.165) is 0 Å². The summed E-state index contributed by atoms with van der Waals surface area (Å²) in [6.07, 6.45) is 0.661. The van der Waals surface area contributed by atoms with E-state index >= 15 is 0 Å². The fourth-order valence-electron chi connectivity index (χ4n) is 2.83. The molecule has 2 rings (SSSR count). The van der Waals surface area contributed by atoms with Crippen LogP contribution in [0.15, 0.2) is 24.3 Å². The van der Waals surface area contributed by atoms with E-state index in [1.807, 2.05) is 6.92 Å². The molecule has 8 heteroatoms. The molecule has 0 saturated carbocycles. The number of carbonyl (C=O) groups excluding carboxylic acids is 2. The van der Waals surface area contributed by atoms with Gasteiger partial charge in [-0.25, -0.2) is 0 Å². The van der Waals surface area contributed by atoms with Crippen molar-refractivity contribution in [2.24, 2.45) is 0 Å². The number of alkyl halides is 2. The van der Waals surface area contributed by atoms with Crippen molar-refractivity contribution in [2.75, 3.05) is 26.3 Å². The third-order valence-electron chi connectivity index (χ3n) is 4.18. The van der Waals surface area contributed by atoms with Crippen LogP contribution in [0.2, 0.25) is 0 Å². The number of nitrogens with one attached hydrogen (secondary N) is 1. The van der Waals surface area contributed by atoms with E-state index in [-0.39, 0.29) is 30.4 Å². The lowest BCUT2D eigenvalue weighted by Crippen LogP contribution is -2.41. The number of para-hydroxylation sites is 1. The molecule has 0 aliphatic carbocycles.